The maximum atomic E-state index is 12.1. The molecule has 0 radical (unpaired) electrons. The summed E-state index contributed by atoms with van der Waals surface area (Å²) < 4.78 is 5.17. The number of carbonyl (C=O) groups excluding carboxylic acids is 1. The van der Waals surface area contributed by atoms with Gasteiger partial charge in [-0.3, -0.25) is 4.79 Å². The maximum absolute atomic E-state index is 12.1. The number of carbonyl (C=O) groups is 1. The van der Waals surface area contributed by atoms with E-state index in [-0.39, 0.29) is 5.91 Å². The third kappa shape index (κ3) is 4.37. The van der Waals surface area contributed by atoms with Crippen molar-refractivity contribution < 1.29 is 9.53 Å². The van der Waals surface area contributed by atoms with Crippen LogP contribution in [0.3, 0.4) is 0 Å². The van der Waals surface area contributed by atoms with Crippen molar-refractivity contribution in [3.63, 3.8) is 0 Å². The smallest absolute Gasteiger partial charge is 0.248 e. The molecule has 0 atom stereocenters. The first-order valence-corrected chi connectivity index (χ1v) is 9.09. The van der Waals surface area contributed by atoms with Crippen LogP contribution in [0.4, 0.5) is 5.69 Å². The highest BCUT2D eigenvalue weighted by atomic mass is 32.1. The number of thiazole rings is 1. The molecule has 0 aliphatic rings. The Morgan fingerprint density at radius 2 is 1.92 bits per heavy atom. The lowest BCUT2D eigenvalue weighted by molar-refractivity contribution is -0.111. The summed E-state index contributed by atoms with van der Waals surface area (Å²) in [4.78, 5) is 16.7. The van der Waals surface area contributed by atoms with Crippen LogP contribution in [0.5, 0.6) is 5.75 Å². The van der Waals surface area contributed by atoms with Crippen molar-refractivity contribution in [1.29, 1.82) is 0 Å². The monoisotopic (exact) mass is 364 g/mol. The summed E-state index contributed by atoms with van der Waals surface area (Å²) in [6, 6.07) is 13.7. The standard InChI is InChI=1S/C21H20N2O2S/c1-14-4-10-19(15(2)12-14)23-20(24)11-7-17-13-26-21(22-17)16-5-8-18(25-3)9-6-16/h4-13H,1-3H3,(H,23,24). The number of aromatic nitrogens is 1. The molecule has 0 saturated heterocycles. The van der Waals surface area contributed by atoms with Gasteiger partial charge in [0.25, 0.3) is 0 Å². The minimum atomic E-state index is -0.170. The second kappa shape index (κ2) is 7.97. The molecule has 132 valence electrons. The summed E-state index contributed by atoms with van der Waals surface area (Å²) in [5.74, 6) is 0.643. The van der Waals surface area contributed by atoms with Gasteiger partial charge in [0.15, 0.2) is 0 Å². The fraction of sp³-hybridized carbons (Fsp3) is 0.143. The van der Waals surface area contributed by atoms with Crippen molar-refractivity contribution in [3.05, 3.63) is 70.7 Å². The van der Waals surface area contributed by atoms with Crippen LogP contribution in [0.2, 0.25) is 0 Å². The predicted molar refractivity (Wildman–Crippen MR) is 108 cm³/mol. The molecule has 2 aromatic carbocycles. The van der Waals surface area contributed by atoms with Gasteiger partial charge in [-0.25, -0.2) is 4.98 Å². The quantitative estimate of drug-likeness (QED) is 0.642. The second-order valence-electron chi connectivity index (χ2n) is 5.95. The molecule has 4 nitrogen and oxygen atoms in total. The molecule has 1 amide bonds. The number of anilines is 1. The predicted octanol–water partition coefficient (Wildman–Crippen LogP) is 5.09. The van der Waals surface area contributed by atoms with Gasteiger partial charge in [-0.1, -0.05) is 17.7 Å². The van der Waals surface area contributed by atoms with E-state index in [4.69, 9.17) is 4.74 Å². The number of benzene rings is 2. The van der Waals surface area contributed by atoms with Gasteiger partial charge in [-0.05, 0) is 55.8 Å². The van der Waals surface area contributed by atoms with Crippen LogP contribution in [0.25, 0.3) is 16.6 Å². The van der Waals surface area contributed by atoms with Crippen LogP contribution >= 0.6 is 11.3 Å². The summed E-state index contributed by atoms with van der Waals surface area (Å²) >= 11 is 1.54. The fourth-order valence-electron chi connectivity index (χ4n) is 2.52. The summed E-state index contributed by atoms with van der Waals surface area (Å²) in [6.45, 7) is 4.01. The molecule has 3 rings (SSSR count). The van der Waals surface area contributed by atoms with Gasteiger partial charge in [0.2, 0.25) is 5.91 Å². The van der Waals surface area contributed by atoms with Crippen LogP contribution < -0.4 is 10.1 Å². The molecule has 0 saturated carbocycles. The van der Waals surface area contributed by atoms with Gasteiger partial charge in [-0.15, -0.1) is 11.3 Å². The summed E-state index contributed by atoms with van der Waals surface area (Å²) in [7, 11) is 1.64. The Kier molecular flexibility index (Phi) is 5.49. The molecule has 0 spiro atoms. The van der Waals surface area contributed by atoms with Crippen molar-refractivity contribution >= 4 is 29.0 Å². The average molecular weight is 364 g/mol. The molecular formula is C21H20N2O2S. The normalized spacial score (nSPS) is 10.9. The zero-order valence-corrected chi connectivity index (χ0v) is 15.8. The molecule has 0 unspecified atom stereocenters. The molecule has 0 fully saturated rings. The minimum Gasteiger partial charge on any atom is -0.497 e. The molecule has 3 aromatic rings. The first-order valence-electron chi connectivity index (χ1n) is 8.21. The number of nitrogens with zero attached hydrogens (tertiary/aromatic N) is 1. The van der Waals surface area contributed by atoms with Gasteiger partial charge in [0, 0.05) is 22.7 Å². The Morgan fingerprint density at radius 3 is 2.62 bits per heavy atom. The molecule has 1 N–H and O–H groups in total. The summed E-state index contributed by atoms with van der Waals surface area (Å²) in [5, 5.41) is 5.73. The Labute approximate surface area is 157 Å². The number of amides is 1. The van der Waals surface area contributed by atoms with Crippen molar-refractivity contribution in [2.45, 2.75) is 13.8 Å². The van der Waals surface area contributed by atoms with Crippen molar-refractivity contribution in [1.82, 2.24) is 4.98 Å². The third-order valence-corrected chi connectivity index (χ3v) is 4.81. The topological polar surface area (TPSA) is 51.2 Å². The van der Waals surface area contributed by atoms with E-state index in [9.17, 15) is 4.79 Å². The van der Waals surface area contributed by atoms with E-state index in [1.54, 1.807) is 24.5 Å². The van der Waals surface area contributed by atoms with E-state index < -0.39 is 0 Å². The van der Waals surface area contributed by atoms with E-state index >= 15 is 0 Å². The SMILES string of the molecule is COc1ccc(-c2nc(C=CC(=O)Nc3ccc(C)cc3C)cs2)cc1. The minimum absolute atomic E-state index is 0.170. The van der Waals surface area contributed by atoms with E-state index in [1.165, 1.54) is 11.6 Å². The third-order valence-electron chi connectivity index (χ3n) is 3.90. The van der Waals surface area contributed by atoms with Crippen LogP contribution in [-0.4, -0.2) is 18.0 Å². The van der Waals surface area contributed by atoms with Gasteiger partial charge in [0.05, 0.1) is 12.8 Å². The van der Waals surface area contributed by atoms with Gasteiger partial charge < -0.3 is 10.1 Å². The lowest BCUT2D eigenvalue weighted by Gasteiger charge is -2.06. The van der Waals surface area contributed by atoms with E-state index in [1.807, 2.05) is 61.7 Å². The Balaban J connectivity index is 1.66. The van der Waals surface area contributed by atoms with Crippen LogP contribution in [-0.2, 0) is 4.79 Å². The van der Waals surface area contributed by atoms with Crippen molar-refractivity contribution in [3.8, 4) is 16.3 Å². The van der Waals surface area contributed by atoms with Gasteiger partial charge in [-0.2, -0.15) is 0 Å². The summed E-state index contributed by atoms with van der Waals surface area (Å²) in [6.07, 6.45) is 3.23. The van der Waals surface area contributed by atoms with Crippen LogP contribution in [0, 0.1) is 13.8 Å². The first kappa shape index (κ1) is 17.9. The number of nitrogens with one attached hydrogen (secondary N) is 1. The average Bonchev–Trinajstić information content (AvgIpc) is 3.11. The number of aryl methyl sites for hydroxylation is 2. The molecule has 1 aromatic heterocycles. The lowest BCUT2D eigenvalue weighted by atomic mass is 10.1. The number of methoxy groups -OCH3 is 1. The zero-order valence-electron chi connectivity index (χ0n) is 14.9. The molecule has 0 bridgehead atoms. The number of rotatable bonds is 5. The molecular weight excluding hydrogens is 344 g/mol. The van der Waals surface area contributed by atoms with Crippen LogP contribution in [0.1, 0.15) is 16.8 Å². The molecule has 5 heteroatoms. The van der Waals surface area contributed by atoms with Gasteiger partial charge in [0.1, 0.15) is 10.8 Å². The second-order valence-corrected chi connectivity index (χ2v) is 6.81. The maximum Gasteiger partial charge on any atom is 0.248 e. The van der Waals surface area contributed by atoms with E-state index in [0.29, 0.717) is 0 Å². The highest BCUT2D eigenvalue weighted by molar-refractivity contribution is 7.13. The van der Waals surface area contributed by atoms with E-state index in [2.05, 4.69) is 10.3 Å². The number of hydrogen-bond donors (Lipinski definition) is 1. The molecule has 0 aliphatic carbocycles. The molecule has 1 heterocycles. The highest BCUT2D eigenvalue weighted by Crippen LogP contribution is 2.26. The molecule has 26 heavy (non-hydrogen) atoms. The largest absolute Gasteiger partial charge is 0.497 e. The molecule has 0 aliphatic heterocycles. The van der Waals surface area contributed by atoms with E-state index in [0.717, 1.165) is 33.3 Å². The van der Waals surface area contributed by atoms with Crippen LogP contribution in [0.15, 0.2) is 53.9 Å². The fourth-order valence-corrected chi connectivity index (χ4v) is 3.31. The number of hydrogen-bond acceptors (Lipinski definition) is 4. The van der Waals surface area contributed by atoms with Crippen molar-refractivity contribution in [2.75, 3.05) is 12.4 Å². The van der Waals surface area contributed by atoms with Gasteiger partial charge >= 0.3 is 0 Å². The Bertz CT molecular complexity index is 943. The number of ether oxygens (including phenoxy) is 1. The zero-order chi connectivity index (χ0) is 18.5. The Hall–Kier alpha value is -2.92. The highest BCUT2D eigenvalue weighted by Gasteiger charge is 2.05. The van der Waals surface area contributed by atoms with Crippen molar-refractivity contribution in [2.24, 2.45) is 0 Å². The lowest BCUT2D eigenvalue weighted by Crippen LogP contribution is -2.08. The Morgan fingerprint density at radius 1 is 1.15 bits per heavy atom. The summed E-state index contributed by atoms with van der Waals surface area (Å²) in [5.41, 5.74) is 4.82. The first-order chi connectivity index (χ1) is 12.5.